The normalized spacial score (nSPS) is 18.0. The maximum Gasteiger partial charge on any atom is 0.248 e. The molecule has 2 unspecified atom stereocenters. The van der Waals surface area contributed by atoms with Crippen LogP contribution in [0.2, 0.25) is 0 Å². The van der Waals surface area contributed by atoms with Gasteiger partial charge in [0.25, 0.3) is 0 Å². The van der Waals surface area contributed by atoms with Crippen molar-refractivity contribution in [2.45, 2.75) is 85.7 Å². The van der Waals surface area contributed by atoms with Gasteiger partial charge in [-0.15, -0.1) is 23.2 Å². The van der Waals surface area contributed by atoms with E-state index in [1.54, 1.807) is 6.21 Å². The Hall–Kier alpha value is -2.69. The third-order valence-corrected chi connectivity index (χ3v) is 8.37. The zero-order valence-electron chi connectivity index (χ0n) is 25.5. The number of nitrogens with one attached hydrogen (secondary N) is 1. The number of hydrazine groups is 1. The van der Waals surface area contributed by atoms with Gasteiger partial charge < -0.3 is 0 Å². The van der Waals surface area contributed by atoms with Crippen molar-refractivity contribution < 1.29 is 27.2 Å². The van der Waals surface area contributed by atoms with E-state index in [9.17, 15) is 27.2 Å². The SMILES string of the molecule is C.CC(C)(CCCCl)C(=O)N1N=CCC1c1cc(F)cc(F)c1.CC(C)(CCCCl)C(=O)N1NCCC1c1cc(F)cc(F)c1. The van der Waals surface area contributed by atoms with Crippen molar-refractivity contribution in [2.24, 2.45) is 15.9 Å². The molecule has 0 spiro atoms. The van der Waals surface area contributed by atoms with E-state index < -0.39 is 40.1 Å². The minimum absolute atomic E-state index is 0. The van der Waals surface area contributed by atoms with Crippen LogP contribution in [0.25, 0.3) is 0 Å². The second-order valence-electron chi connectivity index (χ2n) is 12.3. The number of halogens is 6. The molecule has 0 saturated carbocycles. The molecule has 6 nitrogen and oxygen atoms in total. The molecular formula is C33H44Cl2F4N4O2. The minimum atomic E-state index is -0.657. The Morgan fingerprint density at radius 1 is 0.800 bits per heavy atom. The van der Waals surface area contributed by atoms with Gasteiger partial charge in [-0.05, 0) is 67.5 Å². The van der Waals surface area contributed by atoms with Crippen LogP contribution in [0.15, 0.2) is 41.5 Å². The van der Waals surface area contributed by atoms with E-state index in [1.165, 1.54) is 34.3 Å². The molecule has 250 valence electrons. The van der Waals surface area contributed by atoms with Crippen molar-refractivity contribution >= 4 is 41.2 Å². The number of rotatable bonds is 10. The Bertz CT molecular complexity index is 1250. The maximum absolute atomic E-state index is 13.4. The number of amides is 2. The highest BCUT2D eigenvalue weighted by Crippen LogP contribution is 2.36. The third kappa shape index (κ3) is 10.1. The molecule has 12 heteroatoms. The van der Waals surface area contributed by atoms with Crippen molar-refractivity contribution in [3.8, 4) is 0 Å². The predicted molar refractivity (Wildman–Crippen MR) is 172 cm³/mol. The summed E-state index contributed by atoms with van der Waals surface area (Å²) in [6, 6.07) is 5.89. The summed E-state index contributed by atoms with van der Waals surface area (Å²) < 4.78 is 53.7. The molecule has 2 atom stereocenters. The lowest BCUT2D eigenvalue weighted by molar-refractivity contribution is -0.145. The van der Waals surface area contributed by atoms with E-state index in [0.717, 1.165) is 25.0 Å². The second-order valence-corrected chi connectivity index (χ2v) is 13.1. The summed E-state index contributed by atoms with van der Waals surface area (Å²) in [4.78, 5) is 25.5. The molecule has 0 aromatic heterocycles. The summed E-state index contributed by atoms with van der Waals surface area (Å²) >= 11 is 11.4. The minimum Gasteiger partial charge on any atom is -0.273 e. The van der Waals surface area contributed by atoms with E-state index >= 15 is 0 Å². The molecule has 0 bridgehead atoms. The monoisotopic (exact) mass is 674 g/mol. The number of nitrogens with zero attached hydrogens (tertiary/aromatic N) is 3. The Balaban J connectivity index is 0.000000307. The average molecular weight is 676 g/mol. The number of hydrogen-bond acceptors (Lipinski definition) is 4. The van der Waals surface area contributed by atoms with E-state index in [1.807, 2.05) is 27.7 Å². The maximum atomic E-state index is 13.4. The number of carbonyl (C=O) groups is 2. The molecule has 1 saturated heterocycles. The van der Waals surface area contributed by atoms with E-state index in [4.69, 9.17) is 23.2 Å². The molecule has 0 aliphatic carbocycles. The average Bonchev–Trinajstić information content (AvgIpc) is 3.64. The van der Waals surface area contributed by atoms with Crippen LogP contribution in [0.1, 0.15) is 96.9 Å². The van der Waals surface area contributed by atoms with Gasteiger partial charge >= 0.3 is 0 Å². The van der Waals surface area contributed by atoms with Crippen molar-refractivity contribution in [3.63, 3.8) is 0 Å². The number of carbonyl (C=O) groups excluding carboxylic acids is 2. The molecule has 45 heavy (non-hydrogen) atoms. The van der Waals surface area contributed by atoms with Gasteiger partial charge in [0.15, 0.2) is 0 Å². The molecule has 2 amide bonds. The van der Waals surface area contributed by atoms with Gasteiger partial charge in [0.1, 0.15) is 23.3 Å². The zero-order valence-corrected chi connectivity index (χ0v) is 27.0. The van der Waals surface area contributed by atoms with Gasteiger partial charge in [-0.3, -0.25) is 14.6 Å². The number of alkyl halides is 2. The lowest BCUT2D eigenvalue weighted by Gasteiger charge is -2.33. The smallest absolute Gasteiger partial charge is 0.248 e. The summed E-state index contributed by atoms with van der Waals surface area (Å²) in [5, 5.41) is 6.96. The van der Waals surface area contributed by atoms with Gasteiger partial charge in [0, 0.05) is 53.9 Å². The standard InChI is InChI=1S/C16H21ClF2N2O.C16H19ClF2N2O.CH4/c2*1-16(2,5-3-6-17)15(22)21-14(4-7-20-21)11-8-12(18)10-13(19)9-11;/h8-10,14,20H,3-7H2,1-2H3;7-10,14H,3-6H2,1-2H3;1H4. The quantitative estimate of drug-likeness (QED) is 0.203. The fourth-order valence-electron chi connectivity index (χ4n) is 5.38. The topological polar surface area (TPSA) is 65.0 Å². The van der Waals surface area contributed by atoms with Gasteiger partial charge in [0.05, 0.1) is 12.1 Å². The summed E-state index contributed by atoms with van der Waals surface area (Å²) in [7, 11) is 0. The number of benzene rings is 2. The molecule has 2 aliphatic rings. The first-order valence-corrected chi connectivity index (χ1v) is 15.7. The molecular weight excluding hydrogens is 631 g/mol. The van der Waals surface area contributed by atoms with Crippen LogP contribution < -0.4 is 5.43 Å². The largest absolute Gasteiger partial charge is 0.273 e. The van der Waals surface area contributed by atoms with Gasteiger partial charge in [-0.2, -0.15) is 5.10 Å². The summed E-state index contributed by atoms with van der Waals surface area (Å²) in [5.74, 6) is -1.83. The highest BCUT2D eigenvalue weighted by atomic mass is 35.5. The Morgan fingerprint density at radius 2 is 1.24 bits per heavy atom. The van der Waals surface area contributed by atoms with E-state index in [2.05, 4.69) is 10.5 Å². The summed E-state index contributed by atoms with van der Waals surface area (Å²) in [6.07, 6.45) is 5.43. The molecule has 2 aromatic rings. The first-order chi connectivity index (χ1) is 20.7. The van der Waals surface area contributed by atoms with Crippen LogP contribution in [0.4, 0.5) is 17.6 Å². The third-order valence-electron chi connectivity index (χ3n) is 7.84. The molecule has 4 rings (SSSR count). The Labute approximate surface area is 274 Å². The molecule has 0 radical (unpaired) electrons. The van der Waals surface area contributed by atoms with Gasteiger partial charge in [0.2, 0.25) is 11.8 Å². The predicted octanol–water partition coefficient (Wildman–Crippen LogP) is 8.69. The van der Waals surface area contributed by atoms with Gasteiger partial charge in [-0.1, -0.05) is 35.1 Å². The Kier molecular flexibility index (Phi) is 14.3. The molecule has 1 fully saturated rings. The van der Waals surface area contributed by atoms with Crippen LogP contribution in [-0.2, 0) is 9.59 Å². The molecule has 2 heterocycles. The fourth-order valence-corrected chi connectivity index (χ4v) is 5.65. The van der Waals surface area contributed by atoms with E-state index in [0.29, 0.717) is 55.1 Å². The molecule has 1 N–H and O–H groups in total. The van der Waals surface area contributed by atoms with Crippen LogP contribution in [0.3, 0.4) is 0 Å². The lowest BCUT2D eigenvalue weighted by Crippen LogP contribution is -2.46. The van der Waals surface area contributed by atoms with Crippen molar-refractivity contribution in [3.05, 3.63) is 70.8 Å². The fraction of sp³-hybridized carbons (Fsp3) is 0.545. The van der Waals surface area contributed by atoms with Crippen molar-refractivity contribution in [1.82, 2.24) is 15.4 Å². The second kappa shape index (κ2) is 16.7. The summed E-state index contributed by atoms with van der Waals surface area (Å²) in [6.45, 7) is 7.99. The zero-order chi connectivity index (χ0) is 32.7. The van der Waals surface area contributed by atoms with Gasteiger partial charge in [-0.25, -0.2) is 28.0 Å². The Morgan fingerprint density at radius 3 is 1.71 bits per heavy atom. The number of hydrazone groups is 1. The van der Waals surface area contributed by atoms with E-state index in [-0.39, 0.29) is 25.3 Å². The first-order valence-electron chi connectivity index (χ1n) is 14.7. The lowest BCUT2D eigenvalue weighted by atomic mass is 9.86. The van der Waals surface area contributed by atoms with Crippen LogP contribution in [0, 0.1) is 34.1 Å². The highest BCUT2D eigenvalue weighted by Gasteiger charge is 2.39. The first kappa shape index (κ1) is 38.5. The van der Waals surface area contributed by atoms with Crippen molar-refractivity contribution in [1.29, 1.82) is 0 Å². The van der Waals surface area contributed by atoms with Crippen LogP contribution in [0.5, 0.6) is 0 Å². The summed E-state index contributed by atoms with van der Waals surface area (Å²) in [5.41, 5.74) is 2.72. The highest BCUT2D eigenvalue weighted by molar-refractivity contribution is 6.18. The van der Waals surface area contributed by atoms with Crippen LogP contribution in [-0.4, -0.2) is 46.4 Å². The van der Waals surface area contributed by atoms with Crippen LogP contribution >= 0.6 is 23.2 Å². The molecule has 2 aliphatic heterocycles. The molecule has 2 aromatic carbocycles. The van der Waals surface area contributed by atoms with Crippen molar-refractivity contribution in [2.75, 3.05) is 18.3 Å². The number of hydrogen-bond donors (Lipinski definition) is 1.